The molecule has 0 saturated carbocycles. The number of hydrogen-bond donors (Lipinski definition) is 2. The lowest BCUT2D eigenvalue weighted by atomic mass is 10.2. The summed E-state index contributed by atoms with van der Waals surface area (Å²) >= 11 is 0. The molecule has 2 fully saturated rings. The fraction of sp³-hybridized carbons (Fsp3) is 0.600. The van der Waals surface area contributed by atoms with Gasteiger partial charge in [-0.05, 0) is 0 Å². The second-order valence-electron chi connectivity index (χ2n) is 2.40. The van der Waals surface area contributed by atoms with E-state index in [0.29, 0.717) is 0 Å². The molecule has 2 aliphatic heterocycles. The standard InChI is InChI=1S/C5H4O8/c6-1-4(10-2(7)11-4)5(9)12-3(8)13-5/h6,9H,1H2. The Bertz CT molecular complexity index is 266. The zero-order valence-corrected chi connectivity index (χ0v) is 6.05. The SMILES string of the molecule is O=C1OC(O)(C2(CO)OC(=O)O2)O1. The largest absolute Gasteiger partial charge is 0.518 e. The summed E-state index contributed by atoms with van der Waals surface area (Å²) in [5.74, 6) is -4.70. The van der Waals surface area contributed by atoms with Crippen molar-refractivity contribution in [3.05, 3.63) is 0 Å². The summed E-state index contributed by atoms with van der Waals surface area (Å²) in [6.07, 6.45) is -2.25. The van der Waals surface area contributed by atoms with Gasteiger partial charge in [0.2, 0.25) is 0 Å². The van der Waals surface area contributed by atoms with Gasteiger partial charge in [0.15, 0.2) is 0 Å². The monoisotopic (exact) mass is 192 g/mol. The van der Waals surface area contributed by atoms with E-state index in [-0.39, 0.29) is 0 Å². The molecule has 0 bridgehead atoms. The number of aliphatic hydroxyl groups is 2. The third-order valence-corrected chi connectivity index (χ3v) is 1.63. The molecule has 0 aromatic heterocycles. The van der Waals surface area contributed by atoms with Crippen LogP contribution in [-0.4, -0.2) is 40.9 Å². The van der Waals surface area contributed by atoms with Gasteiger partial charge in [0.1, 0.15) is 6.61 Å². The molecule has 0 amide bonds. The Kier molecular flexibility index (Phi) is 1.26. The highest BCUT2D eigenvalue weighted by Crippen LogP contribution is 2.42. The van der Waals surface area contributed by atoms with E-state index in [2.05, 4.69) is 18.9 Å². The number of cyclic esters (lactones) is 4. The maximum absolute atomic E-state index is 10.3. The number of carbonyl (C=O) groups is 2. The number of ether oxygens (including phenoxy) is 4. The Morgan fingerprint density at radius 2 is 1.54 bits per heavy atom. The van der Waals surface area contributed by atoms with E-state index in [1.165, 1.54) is 0 Å². The maximum Gasteiger partial charge on any atom is 0.518 e. The first-order valence-corrected chi connectivity index (χ1v) is 3.18. The molecule has 0 aromatic rings. The van der Waals surface area contributed by atoms with E-state index in [9.17, 15) is 14.7 Å². The molecule has 0 aliphatic carbocycles. The maximum atomic E-state index is 10.3. The summed E-state index contributed by atoms with van der Waals surface area (Å²) < 4.78 is 16.7. The van der Waals surface area contributed by atoms with Crippen LogP contribution in [0.15, 0.2) is 0 Å². The molecule has 2 rings (SSSR count). The molecule has 0 spiro atoms. The zero-order valence-electron chi connectivity index (χ0n) is 6.05. The Morgan fingerprint density at radius 1 is 1.08 bits per heavy atom. The van der Waals surface area contributed by atoms with Crippen LogP contribution in [0.2, 0.25) is 0 Å². The molecule has 2 N–H and O–H groups in total. The lowest BCUT2D eigenvalue weighted by molar-refractivity contribution is -0.517. The molecule has 0 unspecified atom stereocenters. The Morgan fingerprint density at radius 3 is 1.85 bits per heavy atom. The second kappa shape index (κ2) is 2.03. The van der Waals surface area contributed by atoms with E-state index in [0.717, 1.165) is 0 Å². The lowest BCUT2D eigenvalue weighted by Crippen LogP contribution is -2.74. The second-order valence-corrected chi connectivity index (χ2v) is 2.40. The summed E-state index contributed by atoms with van der Waals surface area (Å²) in [5, 5.41) is 17.9. The van der Waals surface area contributed by atoms with Crippen LogP contribution in [0, 0.1) is 0 Å². The minimum absolute atomic E-state index is 0.900. The Labute approximate surface area is 70.6 Å². The summed E-state index contributed by atoms with van der Waals surface area (Å²) in [6.45, 7) is -0.900. The quantitative estimate of drug-likeness (QED) is 0.516. The van der Waals surface area contributed by atoms with Crippen LogP contribution in [0.3, 0.4) is 0 Å². The number of carbonyl (C=O) groups excluding carboxylic acids is 2. The van der Waals surface area contributed by atoms with Gasteiger partial charge in [0.05, 0.1) is 0 Å². The Hall–Kier alpha value is -1.54. The number of hydrogen-bond acceptors (Lipinski definition) is 8. The molecule has 8 nitrogen and oxygen atoms in total. The van der Waals surface area contributed by atoms with Crippen LogP contribution in [-0.2, 0) is 18.9 Å². The molecule has 2 aliphatic rings. The molecular weight excluding hydrogens is 188 g/mol. The van der Waals surface area contributed by atoms with E-state index < -0.39 is 30.7 Å². The molecule has 72 valence electrons. The molecule has 0 radical (unpaired) electrons. The van der Waals surface area contributed by atoms with Gasteiger partial charge in [-0.3, -0.25) is 0 Å². The van der Waals surface area contributed by atoms with Gasteiger partial charge >= 0.3 is 24.1 Å². The highest BCUT2D eigenvalue weighted by molar-refractivity contribution is 5.69. The number of aliphatic hydroxyl groups excluding tert-OH is 1. The number of rotatable bonds is 2. The van der Waals surface area contributed by atoms with Gasteiger partial charge in [0.25, 0.3) is 0 Å². The highest BCUT2D eigenvalue weighted by Gasteiger charge is 2.75. The minimum atomic E-state index is -2.55. The smallest absolute Gasteiger partial charge is 0.388 e. The predicted molar refractivity (Wildman–Crippen MR) is 29.9 cm³/mol. The predicted octanol–water partition coefficient (Wildman–Crippen LogP) is -1.35. The van der Waals surface area contributed by atoms with Crippen LogP contribution < -0.4 is 0 Å². The van der Waals surface area contributed by atoms with Crippen molar-refractivity contribution < 1.29 is 38.7 Å². The minimum Gasteiger partial charge on any atom is -0.388 e. The first-order valence-electron chi connectivity index (χ1n) is 3.18. The average molecular weight is 192 g/mol. The first kappa shape index (κ1) is 8.08. The van der Waals surface area contributed by atoms with Crippen LogP contribution in [0.4, 0.5) is 9.59 Å². The van der Waals surface area contributed by atoms with Crippen LogP contribution >= 0.6 is 0 Å². The van der Waals surface area contributed by atoms with Gasteiger partial charge < -0.3 is 29.2 Å². The van der Waals surface area contributed by atoms with Crippen LogP contribution in [0.1, 0.15) is 0 Å². The van der Waals surface area contributed by atoms with E-state index >= 15 is 0 Å². The molecule has 0 aromatic carbocycles. The van der Waals surface area contributed by atoms with Gasteiger partial charge in [-0.2, -0.15) is 0 Å². The molecular formula is C5H4O8. The average Bonchev–Trinajstić information content (AvgIpc) is 1.95. The van der Waals surface area contributed by atoms with Crippen LogP contribution in [0.25, 0.3) is 0 Å². The molecule has 2 saturated heterocycles. The molecule has 2 heterocycles. The zero-order chi connectivity index (χ0) is 9.69. The van der Waals surface area contributed by atoms with Gasteiger partial charge in [-0.15, -0.1) is 0 Å². The fourth-order valence-corrected chi connectivity index (χ4v) is 0.959. The summed E-state index contributed by atoms with van der Waals surface area (Å²) in [6, 6.07) is 0. The summed E-state index contributed by atoms with van der Waals surface area (Å²) in [5.41, 5.74) is 0. The molecule has 0 atom stereocenters. The van der Waals surface area contributed by atoms with Crippen LogP contribution in [0.5, 0.6) is 0 Å². The first-order chi connectivity index (χ1) is 6.01. The Balaban J connectivity index is 2.14. The molecule has 8 heteroatoms. The van der Waals surface area contributed by atoms with Crippen molar-refractivity contribution in [2.45, 2.75) is 11.8 Å². The van der Waals surface area contributed by atoms with Crippen molar-refractivity contribution in [2.75, 3.05) is 6.61 Å². The van der Waals surface area contributed by atoms with Gasteiger partial charge in [-0.25, -0.2) is 9.59 Å². The molecule has 13 heavy (non-hydrogen) atoms. The van der Waals surface area contributed by atoms with E-state index in [1.54, 1.807) is 0 Å². The topological polar surface area (TPSA) is 112 Å². The van der Waals surface area contributed by atoms with E-state index in [4.69, 9.17) is 5.11 Å². The third-order valence-electron chi connectivity index (χ3n) is 1.63. The highest BCUT2D eigenvalue weighted by atomic mass is 17.0. The van der Waals surface area contributed by atoms with Crippen molar-refractivity contribution in [1.82, 2.24) is 0 Å². The summed E-state index contributed by atoms with van der Waals surface area (Å²) in [4.78, 5) is 20.5. The lowest BCUT2D eigenvalue weighted by Gasteiger charge is -2.48. The van der Waals surface area contributed by atoms with Gasteiger partial charge in [-0.1, -0.05) is 0 Å². The van der Waals surface area contributed by atoms with Crippen molar-refractivity contribution in [3.63, 3.8) is 0 Å². The third kappa shape index (κ3) is 0.807. The fourth-order valence-electron chi connectivity index (χ4n) is 0.959. The van der Waals surface area contributed by atoms with Crippen molar-refractivity contribution in [2.24, 2.45) is 0 Å². The summed E-state index contributed by atoms with van der Waals surface area (Å²) in [7, 11) is 0. The normalized spacial score (nSPS) is 26.9. The van der Waals surface area contributed by atoms with E-state index in [1.807, 2.05) is 0 Å². The van der Waals surface area contributed by atoms with Crippen molar-refractivity contribution in [1.29, 1.82) is 0 Å². The van der Waals surface area contributed by atoms with Crippen molar-refractivity contribution >= 4 is 12.3 Å². The van der Waals surface area contributed by atoms with Crippen molar-refractivity contribution in [3.8, 4) is 0 Å². The van der Waals surface area contributed by atoms with Gasteiger partial charge in [0, 0.05) is 0 Å².